The van der Waals surface area contributed by atoms with Gasteiger partial charge in [0.15, 0.2) is 0 Å². The fourth-order valence-corrected chi connectivity index (χ4v) is 7.64. The van der Waals surface area contributed by atoms with E-state index in [0.29, 0.717) is 24.3 Å². The van der Waals surface area contributed by atoms with E-state index in [-0.39, 0.29) is 11.5 Å². The van der Waals surface area contributed by atoms with Crippen LogP contribution < -0.4 is 9.47 Å². The highest BCUT2D eigenvalue weighted by atomic mass is 16.5. The molecule has 0 heterocycles. The second-order valence-corrected chi connectivity index (χ2v) is 14.5. The predicted molar refractivity (Wildman–Crippen MR) is 214 cm³/mol. The average molecular weight is 691 g/mol. The Morgan fingerprint density at radius 2 is 0.750 bits per heavy atom. The topological polar surface area (TPSA) is 58.9 Å². The molecule has 0 bridgehead atoms. The molecule has 0 saturated carbocycles. The van der Waals surface area contributed by atoms with Gasteiger partial charge in [0.2, 0.25) is 0 Å². The molecule has 0 spiro atoms. The van der Waals surface area contributed by atoms with Gasteiger partial charge >= 0.3 is 0 Å². The molecule has 0 aliphatic rings. The molecule has 52 heavy (non-hydrogen) atoms. The fraction of sp³-hybridized carbons (Fsp3) is 0.250. The summed E-state index contributed by atoms with van der Waals surface area (Å²) in [6, 6.07) is 36.6. The SMILES string of the molecule is Cc1ccc(O[C@H](Cc2cccc(-c3c(C)cc(C)cc3C)c2O)[C@@H](Cc2cccc(-c3c(C)cc(C)cc3C)c2O)Oc2ccc(C)cc2)cc1. The first-order valence-electron chi connectivity index (χ1n) is 18.1. The van der Waals surface area contributed by atoms with Crippen LogP contribution in [0.3, 0.4) is 0 Å². The van der Waals surface area contributed by atoms with Gasteiger partial charge in [0.25, 0.3) is 0 Å². The zero-order valence-electron chi connectivity index (χ0n) is 31.7. The molecule has 0 unspecified atom stereocenters. The zero-order chi connectivity index (χ0) is 37.1. The normalized spacial score (nSPS) is 12.4. The third-order valence-electron chi connectivity index (χ3n) is 10.0. The van der Waals surface area contributed by atoms with Crippen LogP contribution in [-0.4, -0.2) is 22.4 Å². The Bertz CT molecular complexity index is 1990. The van der Waals surface area contributed by atoms with Gasteiger partial charge < -0.3 is 19.7 Å². The quantitative estimate of drug-likeness (QED) is 0.142. The maximum atomic E-state index is 11.9. The maximum absolute atomic E-state index is 11.9. The number of hydrogen-bond acceptors (Lipinski definition) is 4. The molecule has 6 aromatic carbocycles. The maximum Gasteiger partial charge on any atom is 0.140 e. The number of para-hydroxylation sites is 2. The smallest absolute Gasteiger partial charge is 0.140 e. The third kappa shape index (κ3) is 8.02. The minimum Gasteiger partial charge on any atom is -0.507 e. The number of aromatic hydroxyl groups is 2. The largest absolute Gasteiger partial charge is 0.507 e. The van der Waals surface area contributed by atoms with Crippen LogP contribution in [0.15, 0.2) is 109 Å². The lowest BCUT2D eigenvalue weighted by molar-refractivity contribution is 0.0535. The summed E-state index contributed by atoms with van der Waals surface area (Å²) >= 11 is 0. The highest BCUT2D eigenvalue weighted by molar-refractivity contribution is 5.78. The van der Waals surface area contributed by atoms with E-state index in [1.54, 1.807) is 0 Å². The van der Waals surface area contributed by atoms with E-state index < -0.39 is 12.2 Å². The molecular formula is C48H50O4. The summed E-state index contributed by atoms with van der Waals surface area (Å²) in [4.78, 5) is 0. The number of rotatable bonds is 11. The van der Waals surface area contributed by atoms with Crippen molar-refractivity contribution in [3.05, 3.63) is 165 Å². The molecule has 0 radical (unpaired) electrons. The molecule has 0 amide bonds. The van der Waals surface area contributed by atoms with Crippen LogP contribution in [-0.2, 0) is 12.8 Å². The lowest BCUT2D eigenvalue weighted by Gasteiger charge is -2.30. The predicted octanol–water partition coefficient (Wildman–Crippen LogP) is 11.6. The van der Waals surface area contributed by atoms with Gasteiger partial charge in [0.1, 0.15) is 35.2 Å². The molecule has 2 atom stereocenters. The Morgan fingerprint density at radius 3 is 1.08 bits per heavy atom. The van der Waals surface area contributed by atoms with Crippen LogP contribution in [0.25, 0.3) is 22.3 Å². The third-order valence-corrected chi connectivity index (χ3v) is 10.0. The van der Waals surface area contributed by atoms with E-state index in [1.807, 2.05) is 84.9 Å². The van der Waals surface area contributed by atoms with Crippen molar-refractivity contribution in [3.8, 4) is 45.3 Å². The number of aryl methyl sites for hydroxylation is 8. The van der Waals surface area contributed by atoms with Crippen LogP contribution in [0.2, 0.25) is 0 Å². The summed E-state index contributed by atoms with van der Waals surface area (Å²) in [6.45, 7) is 16.7. The van der Waals surface area contributed by atoms with Gasteiger partial charge in [-0.25, -0.2) is 0 Å². The van der Waals surface area contributed by atoms with E-state index in [1.165, 1.54) is 11.1 Å². The number of phenolic OH excluding ortho intramolecular Hbond substituents is 2. The molecule has 0 aromatic heterocycles. The average Bonchev–Trinajstić information content (AvgIpc) is 3.08. The summed E-state index contributed by atoms with van der Waals surface area (Å²) in [5.74, 6) is 1.88. The second-order valence-electron chi connectivity index (χ2n) is 14.5. The standard InChI is InChI=1S/C48H50O4/c1-29-15-19-39(20-16-29)51-43(27-37-11-9-13-41(47(37)49)45-33(5)23-31(3)24-34(45)6)44(52-40-21-17-30(2)18-22-40)28-38-12-10-14-42(48(38)50)46-35(7)25-32(4)26-36(46)8/h9-26,43-44,49-50H,27-28H2,1-8H3/t43-,44-/m1/s1. The van der Waals surface area contributed by atoms with Crippen LogP contribution >= 0.6 is 0 Å². The van der Waals surface area contributed by atoms with Gasteiger partial charge in [-0.15, -0.1) is 0 Å². The van der Waals surface area contributed by atoms with Crippen LogP contribution in [0, 0.1) is 55.4 Å². The molecule has 4 nitrogen and oxygen atoms in total. The van der Waals surface area contributed by atoms with Crippen molar-refractivity contribution < 1.29 is 19.7 Å². The van der Waals surface area contributed by atoms with Crippen LogP contribution in [0.1, 0.15) is 55.6 Å². The zero-order valence-corrected chi connectivity index (χ0v) is 31.7. The van der Waals surface area contributed by atoms with Gasteiger partial charge in [-0.3, -0.25) is 0 Å². The van der Waals surface area contributed by atoms with E-state index >= 15 is 0 Å². The van der Waals surface area contributed by atoms with Crippen molar-refractivity contribution in [3.63, 3.8) is 0 Å². The minimum atomic E-state index is -0.545. The van der Waals surface area contributed by atoms with Crippen LogP contribution in [0.5, 0.6) is 23.0 Å². The van der Waals surface area contributed by atoms with E-state index in [4.69, 9.17) is 9.47 Å². The van der Waals surface area contributed by atoms with Gasteiger partial charge in [0, 0.05) is 24.0 Å². The molecule has 0 aliphatic carbocycles. The molecule has 2 N–H and O–H groups in total. The first-order valence-corrected chi connectivity index (χ1v) is 18.1. The van der Waals surface area contributed by atoms with Crippen LogP contribution in [0.4, 0.5) is 0 Å². The Kier molecular flexibility index (Phi) is 10.8. The number of benzene rings is 6. The van der Waals surface area contributed by atoms with Crippen molar-refractivity contribution in [1.29, 1.82) is 0 Å². The van der Waals surface area contributed by atoms with E-state index in [9.17, 15) is 10.2 Å². The molecule has 0 aliphatic heterocycles. The Labute approximate surface area is 309 Å². The highest BCUT2D eigenvalue weighted by Crippen LogP contribution is 2.40. The summed E-state index contributed by atoms with van der Waals surface area (Å²) in [6.07, 6.45) is -0.359. The van der Waals surface area contributed by atoms with E-state index in [2.05, 4.69) is 79.7 Å². The second kappa shape index (κ2) is 15.4. The van der Waals surface area contributed by atoms with Gasteiger partial charge in [-0.2, -0.15) is 0 Å². The molecule has 0 saturated heterocycles. The lowest BCUT2D eigenvalue weighted by Crippen LogP contribution is -2.40. The number of ether oxygens (including phenoxy) is 2. The lowest BCUT2D eigenvalue weighted by atomic mass is 9.89. The highest BCUT2D eigenvalue weighted by Gasteiger charge is 2.30. The summed E-state index contributed by atoms with van der Waals surface area (Å²) < 4.78 is 13.7. The fourth-order valence-electron chi connectivity index (χ4n) is 7.64. The summed E-state index contributed by atoms with van der Waals surface area (Å²) in [7, 11) is 0. The minimum absolute atomic E-state index is 0.235. The Hall–Kier alpha value is -5.48. The molecule has 4 heteroatoms. The van der Waals surface area contributed by atoms with Gasteiger partial charge in [-0.1, -0.05) is 107 Å². The van der Waals surface area contributed by atoms with E-state index in [0.717, 1.165) is 66.8 Å². The molecule has 6 rings (SSSR count). The molecule has 266 valence electrons. The van der Waals surface area contributed by atoms with Crippen molar-refractivity contribution >= 4 is 0 Å². The van der Waals surface area contributed by atoms with Crippen molar-refractivity contribution in [1.82, 2.24) is 0 Å². The van der Waals surface area contributed by atoms with Crippen molar-refractivity contribution in [2.24, 2.45) is 0 Å². The molecule has 6 aromatic rings. The summed E-state index contributed by atoms with van der Waals surface area (Å²) in [5, 5.41) is 23.9. The Morgan fingerprint density at radius 1 is 0.423 bits per heavy atom. The number of hydrogen-bond donors (Lipinski definition) is 2. The molecular weight excluding hydrogens is 641 g/mol. The van der Waals surface area contributed by atoms with Gasteiger partial charge in [-0.05, 0) is 124 Å². The first-order chi connectivity index (χ1) is 24.9. The molecule has 0 fully saturated rings. The van der Waals surface area contributed by atoms with Crippen molar-refractivity contribution in [2.45, 2.75) is 80.4 Å². The monoisotopic (exact) mass is 690 g/mol. The Balaban J connectivity index is 1.45. The summed E-state index contributed by atoms with van der Waals surface area (Å²) in [5.41, 5.74) is 14.3. The van der Waals surface area contributed by atoms with Gasteiger partial charge in [0.05, 0.1) is 0 Å². The first kappa shape index (κ1) is 36.3. The van der Waals surface area contributed by atoms with Crippen molar-refractivity contribution in [2.75, 3.05) is 0 Å². The number of phenols is 2.